The van der Waals surface area contributed by atoms with Crippen LogP contribution in [-0.4, -0.2) is 14.2 Å². The van der Waals surface area contributed by atoms with Crippen molar-refractivity contribution in [3.8, 4) is 32.4 Å². The van der Waals surface area contributed by atoms with Crippen molar-refractivity contribution >= 4 is 22.7 Å². The Morgan fingerprint density at radius 1 is 0.850 bits per heavy atom. The highest BCUT2D eigenvalue weighted by Gasteiger charge is 2.14. The van der Waals surface area contributed by atoms with Crippen molar-refractivity contribution in [1.29, 1.82) is 0 Å². The van der Waals surface area contributed by atoms with Gasteiger partial charge < -0.3 is 9.47 Å². The van der Waals surface area contributed by atoms with Gasteiger partial charge in [-0.25, -0.2) is 0 Å². The Labute approximate surface area is 126 Å². The molecule has 3 aromatic rings. The highest BCUT2D eigenvalue weighted by Crippen LogP contribution is 2.43. The van der Waals surface area contributed by atoms with Gasteiger partial charge in [-0.3, -0.25) is 0 Å². The van der Waals surface area contributed by atoms with Crippen molar-refractivity contribution in [2.75, 3.05) is 14.2 Å². The molecule has 2 aromatic heterocycles. The van der Waals surface area contributed by atoms with Crippen LogP contribution in [0.25, 0.3) is 20.9 Å². The van der Waals surface area contributed by atoms with Crippen molar-refractivity contribution in [1.82, 2.24) is 0 Å². The summed E-state index contributed by atoms with van der Waals surface area (Å²) in [6.45, 7) is 0. The van der Waals surface area contributed by atoms with Crippen molar-refractivity contribution in [3.63, 3.8) is 0 Å². The summed E-state index contributed by atoms with van der Waals surface area (Å²) in [5.74, 6) is 1.70. The molecule has 0 N–H and O–H groups in total. The smallest absolute Gasteiger partial charge is 0.127 e. The summed E-state index contributed by atoms with van der Waals surface area (Å²) < 4.78 is 10.8. The molecular formula is C16H14O2S2. The molecule has 0 aliphatic carbocycles. The summed E-state index contributed by atoms with van der Waals surface area (Å²) in [5.41, 5.74) is 2.25. The minimum Gasteiger partial charge on any atom is -0.497 e. The van der Waals surface area contributed by atoms with E-state index in [0.29, 0.717) is 0 Å². The fourth-order valence-electron chi connectivity index (χ4n) is 2.14. The first-order valence-electron chi connectivity index (χ1n) is 6.17. The first-order chi connectivity index (χ1) is 9.83. The number of rotatable bonds is 4. The zero-order valence-electron chi connectivity index (χ0n) is 11.3. The number of benzene rings is 1. The summed E-state index contributed by atoms with van der Waals surface area (Å²) in [5, 5.41) is 4.21. The van der Waals surface area contributed by atoms with Crippen LogP contribution < -0.4 is 9.47 Å². The molecule has 2 heterocycles. The van der Waals surface area contributed by atoms with Gasteiger partial charge in [-0.1, -0.05) is 6.07 Å². The molecule has 1 aromatic carbocycles. The third kappa shape index (κ3) is 2.32. The van der Waals surface area contributed by atoms with Gasteiger partial charge in [0.15, 0.2) is 0 Å². The normalized spacial score (nSPS) is 10.5. The lowest BCUT2D eigenvalue weighted by molar-refractivity contribution is 0.404. The first kappa shape index (κ1) is 13.2. The molecule has 0 spiro atoms. The molecule has 2 nitrogen and oxygen atoms in total. The van der Waals surface area contributed by atoms with E-state index in [0.717, 1.165) is 17.1 Å². The van der Waals surface area contributed by atoms with E-state index in [9.17, 15) is 0 Å². The summed E-state index contributed by atoms with van der Waals surface area (Å²) in [6, 6.07) is 12.2. The van der Waals surface area contributed by atoms with Crippen molar-refractivity contribution in [2.24, 2.45) is 0 Å². The van der Waals surface area contributed by atoms with E-state index in [4.69, 9.17) is 9.47 Å². The maximum Gasteiger partial charge on any atom is 0.127 e. The molecule has 102 valence electrons. The maximum absolute atomic E-state index is 5.49. The van der Waals surface area contributed by atoms with E-state index >= 15 is 0 Å². The lowest BCUT2D eigenvalue weighted by atomic mass is 10.0. The molecule has 20 heavy (non-hydrogen) atoms. The summed E-state index contributed by atoms with van der Waals surface area (Å²) >= 11 is 3.50. The molecule has 0 fully saturated rings. The Hall–Kier alpha value is -1.78. The zero-order valence-corrected chi connectivity index (χ0v) is 12.9. The summed E-state index contributed by atoms with van der Waals surface area (Å²) in [7, 11) is 3.38. The van der Waals surface area contributed by atoms with Crippen LogP contribution in [0.5, 0.6) is 11.5 Å². The van der Waals surface area contributed by atoms with E-state index < -0.39 is 0 Å². The second-order valence-electron chi connectivity index (χ2n) is 4.21. The molecule has 0 atom stereocenters. The van der Waals surface area contributed by atoms with Crippen LogP contribution in [0.3, 0.4) is 0 Å². The molecule has 0 saturated carbocycles. The standard InChI is InChI=1S/C16H14O2S2/c1-17-11-5-6-14(18-2)13(10-11)12-7-9-20-16(12)15-4-3-8-19-15/h3-10H,1-2H3. The zero-order chi connectivity index (χ0) is 13.9. The Bertz CT molecular complexity index is 699. The number of methoxy groups -OCH3 is 2. The average molecular weight is 302 g/mol. The van der Waals surface area contributed by atoms with Crippen LogP contribution in [0.15, 0.2) is 47.2 Å². The molecule has 0 bridgehead atoms. The first-order valence-corrected chi connectivity index (χ1v) is 7.93. The van der Waals surface area contributed by atoms with Gasteiger partial charge in [0.25, 0.3) is 0 Å². The largest absolute Gasteiger partial charge is 0.497 e. The van der Waals surface area contributed by atoms with Crippen LogP contribution in [-0.2, 0) is 0 Å². The lowest BCUT2D eigenvalue weighted by Crippen LogP contribution is -1.90. The summed E-state index contributed by atoms with van der Waals surface area (Å²) in [6.07, 6.45) is 0. The van der Waals surface area contributed by atoms with E-state index in [-0.39, 0.29) is 0 Å². The minimum atomic E-state index is 0.837. The van der Waals surface area contributed by atoms with Gasteiger partial charge in [0.1, 0.15) is 11.5 Å². The third-order valence-electron chi connectivity index (χ3n) is 3.11. The van der Waals surface area contributed by atoms with Gasteiger partial charge in [0, 0.05) is 16.0 Å². The monoisotopic (exact) mass is 302 g/mol. The second-order valence-corrected chi connectivity index (χ2v) is 6.07. The van der Waals surface area contributed by atoms with Crippen molar-refractivity contribution in [2.45, 2.75) is 0 Å². The number of hydrogen-bond acceptors (Lipinski definition) is 4. The number of ether oxygens (including phenoxy) is 2. The van der Waals surface area contributed by atoms with E-state index in [1.54, 1.807) is 36.9 Å². The molecule has 0 aliphatic rings. The van der Waals surface area contributed by atoms with Crippen molar-refractivity contribution in [3.05, 3.63) is 47.2 Å². The van der Waals surface area contributed by atoms with Crippen LogP contribution in [0.4, 0.5) is 0 Å². The SMILES string of the molecule is COc1ccc(OC)c(-c2ccsc2-c2cccs2)c1. The average Bonchev–Trinajstić information content (AvgIpc) is 3.16. The molecule has 4 heteroatoms. The molecule has 0 unspecified atom stereocenters. The molecule has 0 saturated heterocycles. The lowest BCUT2D eigenvalue weighted by Gasteiger charge is -2.11. The molecule has 0 radical (unpaired) electrons. The van der Waals surface area contributed by atoms with Gasteiger partial charge in [-0.2, -0.15) is 0 Å². The van der Waals surface area contributed by atoms with Crippen LogP contribution in [0.1, 0.15) is 0 Å². The highest BCUT2D eigenvalue weighted by molar-refractivity contribution is 7.20. The van der Waals surface area contributed by atoms with E-state index in [2.05, 4.69) is 29.0 Å². The Kier molecular flexibility index (Phi) is 3.76. The molecule has 3 rings (SSSR count). The number of hydrogen-bond donors (Lipinski definition) is 0. The Balaban J connectivity index is 2.16. The fraction of sp³-hybridized carbons (Fsp3) is 0.125. The van der Waals surface area contributed by atoms with Crippen LogP contribution in [0, 0.1) is 0 Å². The quantitative estimate of drug-likeness (QED) is 0.662. The van der Waals surface area contributed by atoms with Gasteiger partial charge in [-0.05, 0) is 41.1 Å². The second kappa shape index (κ2) is 5.69. The predicted molar refractivity (Wildman–Crippen MR) is 86.2 cm³/mol. The molecular weight excluding hydrogens is 288 g/mol. The van der Waals surface area contributed by atoms with Crippen LogP contribution in [0.2, 0.25) is 0 Å². The van der Waals surface area contributed by atoms with Crippen molar-refractivity contribution < 1.29 is 9.47 Å². The van der Waals surface area contributed by atoms with Gasteiger partial charge in [0.2, 0.25) is 0 Å². The Morgan fingerprint density at radius 2 is 1.75 bits per heavy atom. The van der Waals surface area contributed by atoms with E-state index in [1.807, 2.05) is 18.2 Å². The fourth-order valence-corrected chi connectivity index (χ4v) is 3.94. The third-order valence-corrected chi connectivity index (χ3v) is 5.07. The topological polar surface area (TPSA) is 18.5 Å². The maximum atomic E-state index is 5.49. The van der Waals surface area contributed by atoms with Gasteiger partial charge >= 0.3 is 0 Å². The van der Waals surface area contributed by atoms with Crippen LogP contribution >= 0.6 is 22.7 Å². The predicted octanol–water partition coefficient (Wildman–Crippen LogP) is 5.16. The molecule has 0 amide bonds. The molecule has 0 aliphatic heterocycles. The highest BCUT2D eigenvalue weighted by atomic mass is 32.1. The Morgan fingerprint density at radius 3 is 2.45 bits per heavy atom. The van der Waals surface area contributed by atoms with Gasteiger partial charge in [0.05, 0.1) is 19.1 Å². The van der Waals surface area contributed by atoms with E-state index in [1.165, 1.54) is 15.3 Å². The number of thiophene rings is 2. The minimum absolute atomic E-state index is 0.837. The summed E-state index contributed by atoms with van der Waals surface area (Å²) in [4.78, 5) is 2.55. The van der Waals surface area contributed by atoms with Gasteiger partial charge in [-0.15, -0.1) is 22.7 Å².